The van der Waals surface area contributed by atoms with Crippen molar-refractivity contribution in [3.8, 4) is 17.0 Å². The molecule has 4 unspecified atom stereocenters. The summed E-state index contributed by atoms with van der Waals surface area (Å²) in [6.45, 7) is -0.434. The fraction of sp³-hybridized carbons (Fsp3) is 0.265. The summed E-state index contributed by atoms with van der Waals surface area (Å²) in [6.07, 6.45) is 3.01. The summed E-state index contributed by atoms with van der Waals surface area (Å²) in [5, 5.41) is 0.587. The van der Waals surface area contributed by atoms with Crippen LogP contribution in [0.1, 0.15) is 40.0 Å². The van der Waals surface area contributed by atoms with Gasteiger partial charge in [0.15, 0.2) is 12.4 Å². The van der Waals surface area contributed by atoms with Crippen LogP contribution in [0.2, 0.25) is 0 Å². The van der Waals surface area contributed by atoms with E-state index in [0.29, 0.717) is 51.0 Å². The lowest BCUT2D eigenvalue weighted by molar-refractivity contribution is -0.123. The molecule has 1 aliphatic heterocycles. The molecule has 1 aromatic heterocycles. The molecule has 2 bridgehead atoms. The third-order valence-electron chi connectivity index (χ3n) is 8.99. The van der Waals surface area contributed by atoms with E-state index in [1.165, 1.54) is 12.0 Å². The Morgan fingerprint density at radius 3 is 2.38 bits per heavy atom. The Labute approximate surface area is 242 Å². The Hall–Kier alpha value is -4.85. The van der Waals surface area contributed by atoms with Gasteiger partial charge in [0.2, 0.25) is 11.8 Å². The predicted molar refractivity (Wildman–Crippen MR) is 155 cm³/mol. The van der Waals surface area contributed by atoms with Crippen LogP contribution in [0.25, 0.3) is 22.2 Å². The Morgan fingerprint density at radius 1 is 0.881 bits per heavy atom. The molecule has 2 heterocycles. The number of benzene rings is 3. The number of Topliss-reactive ketones (excluding diaryl/α,β-unsaturated/α-hetero) is 1. The molecule has 2 aliphatic carbocycles. The van der Waals surface area contributed by atoms with Gasteiger partial charge >= 0.3 is 5.97 Å². The minimum Gasteiger partial charge on any atom is -0.497 e. The predicted octanol–water partition coefficient (Wildman–Crippen LogP) is 5.49. The number of carbonyl (C=O) groups excluding carboxylic acids is 4. The molecule has 0 radical (unpaired) electrons. The minimum absolute atomic E-state index is 0.106. The number of pyridine rings is 1. The first kappa shape index (κ1) is 26.1. The van der Waals surface area contributed by atoms with Gasteiger partial charge in [-0.15, -0.1) is 0 Å². The second kappa shape index (κ2) is 10.2. The number of nitrogens with zero attached hydrogens (tertiary/aromatic N) is 2. The molecule has 8 heteroatoms. The van der Waals surface area contributed by atoms with Gasteiger partial charge < -0.3 is 9.47 Å². The van der Waals surface area contributed by atoms with E-state index in [1.54, 1.807) is 66.7 Å². The fourth-order valence-corrected chi connectivity index (χ4v) is 7.05. The zero-order valence-corrected chi connectivity index (χ0v) is 23.0. The number of rotatable bonds is 7. The van der Waals surface area contributed by atoms with Crippen molar-refractivity contribution in [1.82, 2.24) is 4.98 Å². The van der Waals surface area contributed by atoms with Crippen LogP contribution in [-0.2, 0) is 14.3 Å². The zero-order chi connectivity index (χ0) is 29.0. The Kier molecular flexibility index (Phi) is 6.34. The number of imide groups is 1. The van der Waals surface area contributed by atoms with Gasteiger partial charge in [0.05, 0.1) is 41.4 Å². The number of carbonyl (C=O) groups is 4. The van der Waals surface area contributed by atoms with Gasteiger partial charge in [0.25, 0.3) is 0 Å². The summed E-state index contributed by atoms with van der Waals surface area (Å²) in [6, 6.07) is 22.6. The SMILES string of the molecule is COc1cccc(C(=O)COC(=O)c2cc(-c3cccc(N4C(=O)C5C6CCC(C6)C5C4=O)c3)nc3ccccc23)c1. The number of ether oxygens (including phenoxy) is 2. The highest BCUT2D eigenvalue weighted by Gasteiger charge is 2.61. The van der Waals surface area contributed by atoms with Gasteiger partial charge in [-0.2, -0.15) is 0 Å². The lowest BCUT2D eigenvalue weighted by Gasteiger charge is -2.19. The van der Waals surface area contributed by atoms with Crippen molar-refractivity contribution in [3.05, 3.63) is 90.0 Å². The van der Waals surface area contributed by atoms with Crippen molar-refractivity contribution in [2.75, 3.05) is 18.6 Å². The molecule has 8 nitrogen and oxygen atoms in total. The number of para-hydroxylation sites is 1. The number of fused-ring (bicyclic) bond motifs is 6. The van der Waals surface area contributed by atoms with Gasteiger partial charge in [-0.3, -0.25) is 19.3 Å². The monoisotopic (exact) mass is 560 g/mol. The van der Waals surface area contributed by atoms with Gasteiger partial charge in [0.1, 0.15) is 5.75 Å². The number of amides is 2. The van der Waals surface area contributed by atoms with Crippen molar-refractivity contribution >= 4 is 40.2 Å². The molecule has 2 amide bonds. The number of anilines is 1. The van der Waals surface area contributed by atoms with Gasteiger partial charge in [-0.25, -0.2) is 9.78 Å². The second-order valence-electron chi connectivity index (χ2n) is 11.3. The molecular weight excluding hydrogens is 532 g/mol. The first-order valence-electron chi connectivity index (χ1n) is 14.2. The van der Waals surface area contributed by atoms with Crippen LogP contribution < -0.4 is 9.64 Å². The van der Waals surface area contributed by atoms with Crippen LogP contribution in [0.15, 0.2) is 78.9 Å². The normalized spacial score (nSPS) is 22.5. The average molecular weight is 561 g/mol. The van der Waals surface area contributed by atoms with E-state index in [1.807, 2.05) is 12.1 Å². The Balaban J connectivity index is 1.18. The van der Waals surface area contributed by atoms with Gasteiger partial charge in [0, 0.05) is 16.5 Å². The maximum Gasteiger partial charge on any atom is 0.339 e. The van der Waals surface area contributed by atoms with Crippen molar-refractivity contribution < 1.29 is 28.7 Å². The van der Waals surface area contributed by atoms with E-state index in [4.69, 9.17) is 14.5 Å². The lowest BCUT2D eigenvalue weighted by Crippen LogP contribution is -2.32. The van der Waals surface area contributed by atoms with Crippen molar-refractivity contribution in [3.63, 3.8) is 0 Å². The Morgan fingerprint density at radius 2 is 1.62 bits per heavy atom. The minimum atomic E-state index is -0.657. The van der Waals surface area contributed by atoms with Gasteiger partial charge in [-0.1, -0.05) is 42.5 Å². The van der Waals surface area contributed by atoms with Crippen molar-refractivity contribution in [1.29, 1.82) is 0 Å². The van der Waals surface area contributed by atoms with E-state index in [2.05, 4.69) is 0 Å². The number of aromatic nitrogens is 1. The molecular formula is C34H28N2O6. The van der Waals surface area contributed by atoms with Crippen LogP contribution in [-0.4, -0.2) is 42.3 Å². The highest BCUT2D eigenvalue weighted by molar-refractivity contribution is 6.22. The number of hydrogen-bond donors (Lipinski definition) is 0. The molecule has 4 aromatic rings. The van der Waals surface area contributed by atoms with Crippen LogP contribution in [0, 0.1) is 23.7 Å². The molecule has 42 heavy (non-hydrogen) atoms. The maximum absolute atomic E-state index is 13.4. The van der Waals surface area contributed by atoms with E-state index in [0.717, 1.165) is 19.3 Å². The summed E-state index contributed by atoms with van der Waals surface area (Å²) >= 11 is 0. The van der Waals surface area contributed by atoms with Gasteiger partial charge in [-0.05, 0) is 67.5 Å². The summed E-state index contributed by atoms with van der Waals surface area (Å²) < 4.78 is 10.6. The van der Waals surface area contributed by atoms with E-state index in [-0.39, 0.29) is 35.0 Å². The topological polar surface area (TPSA) is 103 Å². The smallest absolute Gasteiger partial charge is 0.339 e. The third kappa shape index (κ3) is 4.26. The number of ketones is 1. The van der Waals surface area contributed by atoms with Crippen LogP contribution in [0.5, 0.6) is 5.75 Å². The molecule has 3 aliphatic rings. The summed E-state index contributed by atoms with van der Waals surface area (Å²) in [4.78, 5) is 59.0. The van der Waals surface area contributed by atoms with E-state index < -0.39 is 12.6 Å². The standard InChI is InChI=1S/C34H28N2O6/c1-41-24-9-5-7-20(16-24)29(37)18-42-34(40)26-17-28(35-27-11-3-2-10-25(26)27)19-6-4-8-23(15-19)36-32(38)30-21-12-13-22(14-21)31(30)33(36)39/h2-11,15-17,21-22,30-31H,12-14,18H2,1H3. The molecule has 1 saturated heterocycles. The summed E-state index contributed by atoms with van der Waals surface area (Å²) in [7, 11) is 1.51. The highest BCUT2D eigenvalue weighted by Crippen LogP contribution is 2.56. The zero-order valence-electron chi connectivity index (χ0n) is 23.0. The van der Waals surface area contributed by atoms with Crippen LogP contribution in [0.3, 0.4) is 0 Å². The molecule has 3 fully saturated rings. The average Bonchev–Trinajstić information content (AvgIpc) is 3.72. The second-order valence-corrected chi connectivity index (χ2v) is 11.3. The number of hydrogen-bond acceptors (Lipinski definition) is 7. The molecule has 210 valence electrons. The summed E-state index contributed by atoms with van der Waals surface area (Å²) in [5.41, 5.74) is 2.87. The quantitative estimate of drug-likeness (QED) is 0.167. The summed E-state index contributed by atoms with van der Waals surface area (Å²) in [5.74, 6) is -0.502. The molecule has 3 aromatic carbocycles. The largest absolute Gasteiger partial charge is 0.497 e. The van der Waals surface area contributed by atoms with Crippen molar-refractivity contribution in [2.45, 2.75) is 19.3 Å². The first-order valence-corrected chi connectivity index (χ1v) is 14.2. The molecule has 4 atom stereocenters. The van der Waals surface area contributed by atoms with E-state index >= 15 is 0 Å². The molecule has 0 spiro atoms. The lowest BCUT2D eigenvalue weighted by atomic mass is 9.81. The Bertz CT molecular complexity index is 1750. The maximum atomic E-state index is 13.4. The molecule has 2 saturated carbocycles. The molecule has 7 rings (SSSR count). The highest BCUT2D eigenvalue weighted by atomic mass is 16.5. The first-order chi connectivity index (χ1) is 20.4. The van der Waals surface area contributed by atoms with Crippen LogP contribution in [0.4, 0.5) is 5.69 Å². The van der Waals surface area contributed by atoms with E-state index in [9.17, 15) is 19.2 Å². The van der Waals surface area contributed by atoms with Crippen molar-refractivity contribution in [2.24, 2.45) is 23.7 Å². The third-order valence-corrected chi connectivity index (χ3v) is 8.99. The number of methoxy groups -OCH3 is 1. The molecule has 0 N–H and O–H groups in total. The van der Waals surface area contributed by atoms with Crippen LogP contribution >= 0.6 is 0 Å². The fourth-order valence-electron chi connectivity index (χ4n) is 7.05. The number of esters is 1.